The van der Waals surface area contributed by atoms with Gasteiger partial charge < -0.3 is 19.4 Å². The first-order chi connectivity index (χ1) is 16.8. The molecule has 3 aromatic rings. The maximum Gasteiger partial charge on any atom is 0.259 e. The van der Waals surface area contributed by atoms with Crippen LogP contribution < -0.4 is 10.7 Å². The molecule has 0 radical (unpaired) electrons. The van der Waals surface area contributed by atoms with Crippen molar-refractivity contribution in [1.29, 1.82) is 0 Å². The molecule has 1 fully saturated rings. The van der Waals surface area contributed by atoms with Gasteiger partial charge in [-0.05, 0) is 30.9 Å². The summed E-state index contributed by atoms with van der Waals surface area (Å²) in [5.74, 6) is 0.418. The highest BCUT2D eigenvalue weighted by molar-refractivity contribution is 5.99. The minimum absolute atomic E-state index is 0.0105. The van der Waals surface area contributed by atoms with Crippen molar-refractivity contribution in [2.24, 2.45) is 13.0 Å². The molecule has 1 N–H and O–H groups in total. The molecule has 0 saturated carbocycles. The fourth-order valence-electron chi connectivity index (χ4n) is 4.72. The third kappa shape index (κ3) is 5.63. The van der Waals surface area contributed by atoms with Crippen molar-refractivity contribution in [2.45, 2.75) is 52.5 Å². The number of likely N-dealkylation sites (tertiary alicyclic amines) is 1. The van der Waals surface area contributed by atoms with Crippen LogP contribution in [-0.4, -0.2) is 50.5 Å². The maximum atomic E-state index is 13.3. The van der Waals surface area contributed by atoms with E-state index in [2.05, 4.69) is 24.1 Å². The number of hydrogen-bond donors (Lipinski definition) is 1. The third-order valence-corrected chi connectivity index (χ3v) is 6.54. The molecule has 1 aliphatic rings. The van der Waals surface area contributed by atoms with Gasteiger partial charge in [0.2, 0.25) is 5.43 Å². The van der Waals surface area contributed by atoms with Gasteiger partial charge in [-0.15, -0.1) is 0 Å². The van der Waals surface area contributed by atoms with E-state index < -0.39 is 11.3 Å². The monoisotopic (exact) mass is 477 g/mol. The van der Waals surface area contributed by atoms with E-state index >= 15 is 0 Å². The van der Waals surface area contributed by atoms with Crippen molar-refractivity contribution in [1.82, 2.24) is 24.3 Å². The average Bonchev–Trinajstić information content (AvgIpc) is 3.00. The molecular formula is C27H35N5O3. The Kier molecular flexibility index (Phi) is 7.68. The summed E-state index contributed by atoms with van der Waals surface area (Å²) in [7, 11) is 1.95. The van der Waals surface area contributed by atoms with E-state index in [0.717, 1.165) is 42.5 Å². The molecule has 1 saturated heterocycles. The number of fused-ring (bicyclic) bond motifs is 1. The highest BCUT2D eigenvalue weighted by Crippen LogP contribution is 2.15. The number of amides is 2. The van der Waals surface area contributed by atoms with Crippen LogP contribution in [0.4, 0.5) is 0 Å². The molecule has 0 atom stereocenters. The summed E-state index contributed by atoms with van der Waals surface area (Å²) < 4.78 is 3.81. The molecule has 2 amide bonds. The number of benzene rings is 1. The Balaban J connectivity index is 1.54. The smallest absolute Gasteiger partial charge is 0.259 e. The Hall–Kier alpha value is -3.42. The zero-order chi connectivity index (χ0) is 24.9. The number of hydrogen-bond acceptors (Lipinski definition) is 4. The second-order valence-electron chi connectivity index (χ2n) is 9.79. The van der Waals surface area contributed by atoms with Gasteiger partial charge in [0, 0.05) is 52.0 Å². The molecular weight excluding hydrogens is 442 g/mol. The third-order valence-electron chi connectivity index (χ3n) is 6.54. The summed E-state index contributed by atoms with van der Waals surface area (Å²) in [5, 5.41) is 2.87. The Morgan fingerprint density at radius 1 is 1.03 bits per heavy atom. The molecule has 2 aromatic heterocycles. The Morgan fingerprint density at radius 3 is 2.40 bits per heavy atom. The quantitative estimate of drug-likeness (QED) is 0.565. The number of para-hydroxylation sites is 2. The number of carbonyl (C=O) groups is 2. The van der Waals surface area contributed by atoms with Crippen LogP contribution in [0.1, 0.15) is 66.1 Å². The number of rotatable bonds is 7. The lowest BCUT2D eigenvalue weighted by Crippen LogP contribution is -2.38. The molecule has 0 aliphatic carbocycles. The van der Waals surface area contributed by atoms with E-state index in [1.54, 1.807) is 21.9 Å². The zero-order valence-corrected chi connectivity index (χ0v) is 20.9. The number of nitrogens with one attached hydrogen (secondary N) is 1. The second kappa shape index (κ2) is 10.9. The lowest BCUT2D eigenvalue weighted by Gasteiger charge is -2.21. The van der Waals surface area contributed by atoms with Crippen molar-refractivity contribution in [3.8, 4) is 0 Å². The molecule has 8 heteroatoms. The highest BCUT2D eigenvalue weighted by Gasteiger charge is 2.24. The normalized spacial score (nSPS) is 14.3. The summed E-state index contributed by atoms with van der Waals surface area (Å²) in [6.45, 7) is 6.37. The van der Waals surface area contributed by atoms with E-state index in [9.17, 15) is 14.4 Å². The van der Waals surface area contributed by atoms with E-state index in [4.69, 9.17) is 0 Å². The number of nitrogens with zero attached hydrogens (tertiary/aromatic N) is 4. The maximum absolute atomic E-state index is 13.3. The molecule has 186 valence electrons. The minimum Gasteiger partial charge on any atom is -0.352 e. The molecule has 0 bridgehead atoms. The number of aromatic nitrogens is 3. The van der Waals surface area contributed by atoms with E-state index in [-0.39, 0.29) is 17.0 Å². The van der Waals surface area contributed by atoms with Crippen molar-refractivity contribution in [3.63, 3.8) is 0 Å². The van der Waals surface area contributed by atoms with Crippen LogP contribution in [0, 0.1) is 5.92 Å². The molecule has 1 aliphatic heterocycles. The van der Waals surface area contributed by atoms with E-state index in [1.165, 1.54) is 0 Å². The van der Waals surface area contributed by atoms with Crippen LogP contribution in [0.5, 0.6) is 0 Å². The summed E-state index contributed by atoms with van der Waals surface area (Å²) in [4.78, 5) is 46.0. The number of aryl methyl sites for hydroxylation is 1. The van der Waals surface area contributed by atoms with Gasteiger partial charge in [-0.2, -0.15) is 0 Å². The molecule has 0 spiro atoms. The topological polar surface area (TPSA) is 89.2 Å². The van der Waals surface area contributed by atoms with Crippen LogP contribution >= 0.6 is 0 Å². The summed E-state index contributed by atoms with van der Waals surface area (Å²) in [6.07, 6.45) is 7.79. The number of imidazole rings is 1. The van der Waals surface area contributed by atoms with Crippen LogP contribution in [0.3, 0.4) is 0 Å². The van der Waals surface area contributed by atoms with E-state index in [1.807, 2.05) is 35.9 Å². The van der Waals surface area contributed by atoms with Gasteiger partial charge in [0.1, 0.15) is 17.0 Å². The predicted octanol–water partition coefficient (Wildman–Crippen LogP) is 3.38. The Labute approximate surface area is 206 Å². The Morgan fingerprint density at radius 2 is 1.71 bits per heavy atom. The molecule has 1 aromatic carbocycles. The lowest BCUT2D eigenvalue weighted by atomic mass is 10.1. The average molecular weight is 478 g/mol. The number of carbonyl (C=O) groups excluding carboxylic acids is 2. The SMILES string of the molecule is CC(C)Cn1cc(C(=O)NCCc2nc3ccccc3n2C)c(=O)c(C(=O)N2CCCCCC2)c1. The van der Waals surface area contributed by atoms with Gasteiger partial charge in [-0.3, -0.25) is 14.4 Å². The molecule has 8 nitrogen and oxygen atoms in total. The van der Waals surface area contributed by atoms with Crippen LogP contribution in [0.15, 0.2) is 41.5 Å². The van der Waals surface area contributed by atoms with Crippen LogP contribution in [-0.2, 0) is 20.0 Å². The fourth-order valence-corrected chi connectivity index (χ4v) is 4.72. The first-order valence-electron chi connectivity index (χ1n) is 12.6. The first-order valence-corrected chi connectivity index (χ1v) is 12.6. The highest BCUT2D eigenvalue weighted by atomic mass is 16.2. The Bertz CT molecular complexity index is 1270. The largest absolute Gasteiger partial charge is 0.352 e. The van der Waals surface area contributed by atoms with Gasteiger partial charge in [0.05, 0.1) is 11.0 Å². The van der Waals surface area contributed by atoms with Crippen LogP contribution in [0.25, 0.3) is 11.0 Å². The molecule has 3 heterocycles. The minimum atomic E-state index is -0.500. The van der Waals surface area contributed by atoms with Crippen molar-refractivity contribution in [2.75, 3.05) is 19.6 Å². The van der Waals surface area contributed by atoms with Gasteiger partial charge >= 0.3 is 0 Å². The lowest BCUT2D eigenvalue weighted by molar-refractivity contribution is 0.0759. The summed E-state index contributed by atoms with van der Waals surface area (Å²) in [5.41, 5.74) is 1.53. The van der Waals surface area contributed by atoms with Crippen molar-refractivity contribution < 1.29 is 9.59 Å². The van der Waals surface area contributed by atoms with Crippen LogP contribution in [0.2, 0.25) is 0 Å². The zero-order valence-electron chi connectivity index (χ0n) is 20.9. The van der Waals surface area contributed by atoms with Gasteiger partial charge in [-0.25, -0.2) is 4.98 Å². The molecule has 4 rings (SSSR count). The van der Waals surface area contributed by atoms with Gasteiger partial charge in [0.15, 0.2) is 0 Å². The fraction of sp³-hybridized carbons (Fsp3) is 0.481. The first kappa shape index (κ1) is 24.7. The molecule has 35 heavy (non-hydrogen) atoms. The second-order valence-corrected chi connectivity index (χ2v) is 9.79. The van der Waals surface area contributed by atoms with Gasteiger partial charge in [-0.1, -0.05) is 38.8 Å². The van der Waals surface area contributed by atoms with E-state index in [0.29, 0.717) is 38.5 Å². The van der Waals surface area contributed by atoms with Crippen molar-refractivity contribution >= 4 is 22.8 Å². The predicted molar refractivity (Wildman–Crippen MR) is 137 cm³/mol. The summed E-state index contributed by atoms with van der Waals surface area (Å²) >= 11 is 0. The summed E-state index contributed by atoms with van der Waals surface area (Å²) in [6, 6.07) is 7.89. The van der Waals surface area contributed by atoms with Crippen molar-refractivity contribution in [3.05, 3.63) is 63.8 Å². The van der Waals surface area contributed by atoms with Gasteiger partial charge in [0.25, 0.3) is 11.8 Å². The molecule has 0 unspecified atom stereocenters. The standard InChI is InChI=1S/C27H35N5O3/c1-19(2)16-31-17-20(25(33)21(18-31)27(35)32-14-8-4-5-9-15-32)26(34)28-13-12-24-29-22-10-6-7-11-23(22)30(24)3/h6-7,10-11,17-19H,4-5,8-9,12-16H2,1-3H3,(H,28,34). The number of pyridine rings is 1.